The number of fused-ring (bicyclic) bond motifs is 1. The standard InChI is InChI=1S/C15H19N3O/c1-10-5-14(18(2)17-10)7-15(16)11-3-4-12-8-19-9-13(12)6-11/h3-6,15H,7-9,16H2,1-2H3. The van der Waals surface area contributed by atoms with Crippen molar-refractivity contribution in [3.63, 3.8) is 0 Å². The van der Waals surface area contributed by atoms with E-state index in [1.165, 1.54) is 22.4 Å². The zero-order valence-electron chi connectivity index (χ0n) is 11.4. The SMILES string of the molecule is Cc1cc(CC(N)c2ccc3c(c2)COC3)n(C)n1. The summed E-state index contributed by atoms with van der Waals surface area (Å²) in [5.74, 6) is 0. The van der Waals surface area contributed by atoms with E-state index in [2.05, 4.69) is 29.4 Å². The van der Waals surface area contributed by atoms with Gasteiger partial charge in [0.05, 0.1) is 18.9 Å². The number of aromatic nitrogens is 2. The topological polar surface area (TPSA) is 53.1 Å². The van der Waals surface area contributed by atoms with Gasteiger partial charge < -0.3 is 10.5 Å². The third kappa shape index (κ3) is 2.41. The second-order valence-corrected chi connectivity index (χ2v) is 5.23. The molecule has 4 heteroatoms. The lowest BCUT2D eigenvalue weighted by Gasteiger charge is -2.13. The van der Waals surface area contributed by atoms with Gasteiger partial charge in [-0.15, -0.1) is 0 Å². The van der Waals surface area contributed by atoms with Crippen LogP contribution in [0.3, 0.4) is 0 Å². The van der Waals surface area contributed by atoms with Crippen LogP contribution in [0.2, 0.25) is 0 Å². The first-order valence-electron chi connectivity index (χ1n) is 6.58. The molecule has 0 fully saturated rings. The Hall–Kier alpha value is -1.65. The van der Waals surface area contributed by atoms with Crippen molar-refractivity contribution in [2.75, 3.05) is 0 Å². The van der Waals surface area contributed by atoms with Gasteiger partial charge in [-0.3, -0.25) is 4.68 Å². The maximum absolute atomic E-state index is 6.32. The average Bonchev–Trinajstić information content (AvgIpc) is 2.95. The van der Waals surface area contributed by atoms with Crippen LogP contribution in [0.4, 0.5) is 0 Å². The Morgan fingerprint density at radius 1 is 1.32 bits per heavy atom. The molecule has 0 amide bonds. The summed E-state index contributed by atoms with van der Waals surface area (Å²) < 4.78 is 7.34. The molecule has 2 N–H and O–H groups in total. The monoisotopic (exact) mass is 257 g/mol. The fraction of sp³-hybridized carbons (Fsp3) is 0.400. The molecule has 0 aliphatic carbocycles. The van der Waals surface area contributed by atoms with Crippen LogP contribution in [0.1, 0.15) is 34.1 Å². The van der Waals surface area contributed by atoms with Crippen LogP contribution >= 0.6 is 0 Å². The van der Waals surface area contributed by atoms with E-state index in [1.807, 2.05) is 18.7 Å². The number of rotatable bonds is 3. The van der Waals surface area contributed by atoms with Crippen molar-refractivity contribution in [1.29, 1.82) is 0 Å². The van der Waals surface area contributed by atoms with Crippen LogP contribution in [0.15, 0.2) is 24.3 Å². The first kappa shape index (κ1) is 12.4. The highest BCUT2D eigenvalue weighted by Gasteiger charge is 2.15. The lowest BCUT2D eigenvalue weighted by atomic mass is 9.98. The normalized spacial score (nSPS) is 15.5. The van der Waals surface area contributed by atoms with Crippen LogP contribution in [-0.4, -0.2) is 9.78 Å². The number of hydrogen-bond donors (Lipinski definition) is 1. The fourth-order valence-corrected chi connectivity index (χ4v) is 2.62. The van der Waals surface area contributed by atoms with Gasteiger partial charge >= 0.3 is 0 Å². The molecule has 0 saturated carbocycles. The smallest absolute Gasteiger partial charge is 0.0725 e. The maximum atomic E-state index is 6.32. The highest BCUT2D eigenvalue weighted by Crippen LogP contribution is 2.24. The minimum Gasteiger partial charge on any atom is -0.372 e. The molecule has 1 aromatic carbocycles. The van der Waals surface area contributed by atoms with Crippen LogP contribution in [-0.2, 0) is 31.4 Å². The van der Waals surface area contributed by atoms with E-state index in [9.17, 15) is 0 Å². The minimum atomic E-state index is 0.000648. The molecule has 0 spiro atoms. The van der Waals surface area contributed by atoms with Gasteiger partial charge in [0, 0.05) is 25.2 Å². The molecule has 100 valence electrons. The van der Waals surface area contributed by atoms with Gasteiger partial charge in [0.2, 0.25) is 0 Å². The van der Waals surface area contributed by atoms with Gasteiger partial charge in [-0.05, 0) is 29.7 Å². The van der Waals surface area contributed by atoms with Crippen LogP contribution in [0.5, 0.6) is 0 Å². The molecule has 3 rings (SSSR count). The Bertz CT molecular complexity index is 603. The fourth-order valence-electron chi connectivity index (χ4n) is 2.62. The zero-order valence-corrected chi connectivity index (χ0v) is 11.4. The summed E-state index contributed by atoms with van der Waals surface area (Å²) >= 11 is 0. The molecule has 1 unspecified atom stereocenters. The number of benzene rings is 1. The molecule has 1 atom stereocenters. The molecule has 0 saturated heterocycles. The van der Waals surface area contributed by atoms with E-state index in [0.717, 1.165) is 18.7 Å². The summed E-state index contributed by atoms with van der Waals surface area (Å²) in [7, 11) is 1.96. The molecule has 2 aromatic rings. The lowest BCUT2D eigenvalue weighted by Crippen LogP contribution is -2.15. The second kappa shape index (κ2) is 4.79. The Balaban J connectivity index is 1.80. The minimum absolute atomic E-state index is 0.000648. The third-order valence-corrected chi connectivity index (χ3v) is 3.70. The predicted molar refractivity (Wildman–Crippen MR) is 73.5 cm³/mol. The first-order chi connectivity index (χ1) is 9.13. The number of nitrogens with zero attached hydrogens (tertiary/aromatic N) is 2. The Kier molecular flexibility index (Phi) is 3.12. The van der Waals surface area contributed by atoms with Crippen molar-refractivity contribution in [3.05, 3.63) is 52.3 Å². The maximum Gasteiger partial charge on any atom is 0.0725 e. The second-order valence-electron chi connectivity index (χ2n) is 5.23. The predicted octanol–water partition coefficient (Wildman–Crippen LogP) is 2.00. The molecule has 1 aliphatic rings. The van der Waals surface area contributed by atoms with Crippen molar-refractivity contribution >= 4 is 0 Å². The van der Waals surface area contributed by atoms with Gasteiger partial charge in [0.15, 0.2) is 0 Å². The highest BCUT2D eigenvalue weighted by atomic mass is 16.5. The molecular weight excluding hydrogens is 238 g/mol. The number of nitrogens with two attached hydrogens (primary N) is 1. The number of aryl methyl sites for hydroxylation is 2. The van der Waals surface area contributed by atoms with E-state index in [4.69, 9.17) is 10.5 Å². The van der Waals surface area contributed by atoms with Crippen molar-refractivity contribution in [1.82, 2.24) is 9.78 Å². The van der Waals surface area contributed by atoms with Gasteiger partial charge in [-0.1, -0.05) is 18.2 Å². The summed E-state index contributed by atoms with van der Waals surface area (Å²) in [5.41, 5.74) is 12.2. The molecule has 2 heterocycles. The van der Waals surface area contributed by atoms with Crippen molar-refractivity contribution in [2.24, 2.45) is 12.8 Å². The van der Waals surface area contributed by atoms with Crippen molar-refractivity contribution in [3.8, 4) is 0 Å². The van der Waals surface area contributed by atoms with Crippen molar-refractivity contribution in [2.45, 2.75) is 32.6 Å². The number of ether oxygens (including phenoxy) is 1. The van der Waals surface area contributed by atoms with Gasteiger partial charge in [0.25, 0.3) is 0 Å². The third-order valence-electron chi connectivity index (χ3n) is 3.70. The Morgan fingerprint density at radius 3 is 2.84 bits per heavy atom. The largest absolute Gasteiger partial charge is 0.372 e. The molecular formula is C15H19N3O. The molecule has 0 bridgehead atoms. The quantitative estimate of drug-likeness (QED) is 0.915. The van der Waals surface area contributed by atoms with Gasteiger partial charge in [-0.2, -0.15) is 5.10 Å². The highest BCUT2D eigenvalue weighted by molar-refractivity contribution is 5.35. The molecule has 0 radical (unpaired) electrons. The molecule has 1 aromatic heterocycles. The van der Waals surface area contributed by atoms with Gasteiger partial charge in [-0.25, -0.2) is 0 Å². The summed E-state index contributed by atoms with van der Waals surface area (Å²) in [6, 6.07) is 8.51. The van der Waals surface area contributed by atoms with Crippen molar-refractivity contribution < 1.29 is 4.74 Å². The molecule has 4 nitrogen and oxygen atoms in total. The zero-order chi connectivity index (χ0) is 13.4. The average molecular weight is 257 g/mol. The lowest BCUT2D eigenvalue weighted by molar-refractivity contribution is 0.134. The summed E-state index contributed by atoms with van der Waals surface area (Å²) in [5, 5.41) is 4.36. The summed E-state index contributed by atoms with van der Waals surface area (Å²) in [4.78, 5) is 0. The summed E-state index contributed by atoms with van der Waals surface area (Å²) in [6.07, 6.45) is 0.803. The Morgan fingerprint density at radius 2 is 2.11 bits per heavy atom. The Labute approximate surface area is 113 Å². The first-order valence-corrected chi connectivity index (χ1v) is 6.58. The molecule has 19 heavy (non-hydrogen) atoms. The van der Waals surface area contributed by atoms with E-state index in [0.29, 0.717) is 6.61 Å². The van der Waals surface area contributed by atoms with Crippen LogP contribution in [0, 0.1) is 6.92 Å². The van der Waals surface area contributed by atoms with Gasteiger partial charge in [0.1, 0.15) is 0 Å². The van der Waals surface area contributed by atoms with E-state index in [1.54, 1.807) is 0 Å². The van der Waals surface area contributed by atoms with E-state index >= 15 is 0 Å². The molecule has 1 aliphatic heterocycles. The number of hydrogen-bond acceptors (Lipinski definition) is 3. The van der Waals surface area contributed by atoms with E-state index < -0.39 is 0 Å². The van der Waals surface area contributed by atoms with E-state index in [-0.39, 0.29) is 6.04 Å². The van der Waals surface area contributed by atoms with Crippen LogP contribution in [0.25, 0.3) is 0 Å². The van der Waals surface area contributed by atoms with Crippen LogP contribution < -0.4 is 5.73 Å². The summed E-state index contributed by atoms with van der Waals surface area (Å²) in [6.45, 7) is 3.44.